The number of anilines is 1. The van der Waals surface area contributed by atoms with Gasteiger partial charge in [0.1, 0.15) is 12.1 Å². The van der Waals surface area contributed by atoms with Crippen molar-refractivity contribution < 1.29 is 4.79 Å². The predicted molar refractivity (Wildman–Crippen MR) is 63.0 cm³/mol. The summed E-state index contributed by atoms with van der Waals surface area (Å²) >= 11 is 0. The lowest BCUT2D eigenvalue weighted by atomic mass is 10.1. The molecule has 0 radical (unpaired) electrons. The second-order valence-corrected chi connectivity index (χ2v) is 3.59. The summed E-state index contributed by atoms with van der Waals surface area (Å²) in [7, 11) is 1.59. The van der Waals surface area contributed by atoms with Gasteiger partial charge in [-0.2, -0.15) is 5.26 Å². The van der Waals surface area contributed by atoms with Gasteiger partial charge in [-0.25, -0.2) is 0 Å². The zero-order valence-electron chi connectivity index (χ0n) is 9.66. The number of amides is 1. The van der Waals surface area contributed by atoms with E-state index in [0.717, 1.165) is 11.3 Å². The number of rotatable bonds is 3. The standard InChI is InChI=1S/C12H15N3O/c1-8-5-4-6-10(7-13)11(8)15-9(2)12(16)14-3/h4-6,9,15H,1-3H3,(H,14,16). The molecule has 4 heteroatoms. The van der Waals surface area contributed by atoms with Gasteiger partial charge in [0.05, 0.1) is 11.3 Å². The molecule has 0 bridgehead atoms. The molecular formula is C12H15N3O. The number of hydrogen-bond donors (Lipinski definition) is 2. The van der Waals surface area contributed by atoms with Crippen LogP contribution >= 0.6 is 0 Å². The summed E-state index contributed by atoms with van der Waals surface area (Å²) in [5.41, 5.74) is 2.23. The monoisotopic (exact) mass is 217 g/mol. The zero-order valence-corrected chi connectivity index (χ0v) is 9.66. The van der Waals surface area contributed by atoms with Crippen LogP contribution < -0.4 is 10.6 Å². The van der Waals surface area contributed by atoms with E-state index in [1.165, 1.54) is 0 Å². The molecule has 4 nitrogen and oxygen atoms in total. The number of benzene rings is 1. The van der Waals surface area contributed by atoms with Crippen molar-refractivity contribution in [3.63, 3.8) is 0 Å². The summed E-state index contributed by atoms with van der Waals surface area (Å²) in [4.78, 5) is 11.4. The Morgan fingerprint density at radius 2 is 2.19 bits per heavy atom. The van der Waals surface area contributed by atoms with Gasteiger partial charge in [-0.3, -0.25) is 4.79 Å². The Morgan fingerprint density at radius 1 is 1.50 bits per heavy atom. The molecule has 2 N–H and O–H groups in total. The molecule has 1 aromatic carbocycles. The maximum atomic E-state index is 11.4. The van der Waals surface area contributed by atoms with Crippen molar-refractivity contribution in [1.82, 2.24) is 5.32 Å². The third-order valence-electron chi connectivity index (χ3n) is 2.39. The highest BCUT2D eigenvalue weighted by atomic mass is 16.2. The molecule has 84 valence electrons. The van der Waals surface area contributed by atoms with Crippen molar-refractivity contribution in [2.45, 2.75) is 19.9 Å². The first kappa shape index (κ1) is 12.1. The molecule has 0 saturated heterocycles. The maximum absolute atomic E-state index is 11.4. The molecule has 0 aliphatic rings. The number of aryl methyl sites for hydroxylation is 1. The fourth-order valence-corrected chi connectivity index (χ4v) is 1.45. The SMILES string of the molecule is CNC(=O)C(C)Nc1c(C)cccc1C#N. The molecule has 1 amide bonds. The summed E-state index contributed by atoms with van der Waals surface area (Å²) in [6.07, 6.45) is 0. The van der Waals surface area contributed by atoms with Crippen molar-refractivity contribution >= 4 is 11.6 Å². The number of para-hydroxylation sites is 1. The van der Waals surface area contributed by atoms with Crippen LogP contribution in [0.4, 0.5) is 5.69 Å². The van der Waals surface area contributed by atoms with Crippen LogP contribution in [0, 0.1) is 18.3 Å². The third kappa shape index (κ3) is 2.51. The van der Waals surface area contributed by atoms with Crippen LogP contribution in [0.3, 0.4) is 0 Å². The van der Waals surface area contributed by atoms with E-state index in [9.17, 15) is 4.79 Å². The normalized spacial score (nSPS) is 11.4. The Balaban J connectivity index is 2.97. The van der Waals surface area contributed by atoms with Crippen LogP contribution in [-0.2, 0) is 4.79 Å². The summed E-state index contributed by atoms with van der Waals surface area (Å²) in [6.45, 7) is 3.66. The topological polar surface area (TPSA) is 64.9 Å². The van der Waals surface area contributed by atoms with Crippen LogP contribution in [0.15, 0.2) is 18.2 Å². The lowest BCUT2D eigenvalue weighted by Gasteiger charge is -2.16. The Hall–Kier alpha value is -2.02. The van der Waals surface area contributed by atoms with Crippen LogP contribution in [0.1, 0.15) is 18.1 Å². The minimum absolute atomic E-state index is 0.104. The first-order valence-electron chi connectivity index (χ1n) is 5.08. The van der Waals surface area contributed by atoms with Gasteiger partial charge in [0.25, 0.3) is 0 Å². The second kappa shape index (κ2) is 5.17. The van der Waals surface area contributed by atoms with Gasteiger partial charge in [-0.1, -0.05) is 12.1 Å². The van der Waals surface area contributed by atoms with E-state index in [0.29, 0.717) is 5.56 Å². The molecule has 0 aliphatic carbocycles. The van der Waals surface area contributed by atoms with Crippen LogP contribution in [0.25, 0.3) is 0 Å². The molecule has 0 spiro atoms. The molecule has 1 aromatic rings. The van der Waals surface area contributed by atoms with E-state index >= 15 is 0 Å². The molecule has 0 heterocycles. The maximum Gasteiger partial charge on any atom is 0.241 e. The van der Waals surface area contributed by atoms with Gasteiger partial charge in [-0.05, 0) is 25.5 Å². The quantitative estimate of drug-likeness (QED) is 0.804. The molecule has 1 rings (SSSR count). The van der Waals surface area contributed by atoms with E-state index in [-0.39, 0.29) is 11.9 Å². The third-order valence-corrected chi connectivity index (χ3v) is 2.39. The number of hydrogen-bond acceptors (Lipinski definition) is 3. The number of carbonyl (C=O) groups is 1. The van der Waals surface area contributed by atoms with Gasteiger partial charge < -0.3 is 10.6 Å². The summed E-state index contributed by atoms with van der Waals surface area (Å²) in [5, 5.41) is 14.6. The highest BCUT2D eigenvalue weighted by Crippen LogP contribution is 2.20. The fourth-order valence-electron chi connectivity index (χ4n) is 1.45. The van der Waals surface area contributed by atoms with Crippen molar-refractivity contribution in [3.8, 4) is 6.07 Å². The second-order valence-electron chi connectivity index (χ2n) is 3.59. The molecule has 16 heavy (non-hydrogen) atoms. The largest absolute Gasteiger partial charge is 0.373 e. The summed E-state index contributed by atoms with van der Waals surface area (Å²) in [5.74, 6) is -0.104. The minimum atomic E-state index is -0.363. The van der Waals surface area contributed by atoms with Gasteiger partial charge in [0.15, 0.2) is 0 Å². The minimum Gasteiger partial charge on any atom is -0.373 e. The average Bonchev–Trinajstić information content (AvgIpc) is 2.30. The number of carbonyl (C=O) groups excluding carboxylic acids is 1. The van der Waals surface area contributed by atoms with E-state index in [1.807, 2.05) is 19.1 Å². The van der Waals surface area contributed by atoms with E-state index in [4.69, 9.17) is 5.26 Å². The zero-order chi connectivity index (χ0) is 12.1. The van der Waals surface area contributed by atoms with Crippen LogP contribution in [0.2, 0.25) is 0 Å². The number of likely N-dealkylation sites (N-methyl/N-ethyl adjacent to an activating group) is 1. The fraction of sp³-hybridized carbons (Fsp3) is 0.333. The molecule has 0 aromatic heterocycles. The van der Waals surface area contributed by atoms with Crippen LogP contribution in [-0.4, -0.2) is 19.0 Å². The summed E-state index contributed by atoms with van der Waals surface area (Å²) in [6, 6.07) is 7.20. The highest BCUT2D eigenvalue weighted by molar-refractivity contribution is 5.84. The van der Waals surface area contributed by atoms with Crippen molar-refractivity contribution in [1.29, 1.82) is 5.26 Å². The van der Waals surface area contributed by atoms with Crippen molar-refractivity contribution in [2.75, 3.05) is 12.4 Å². The predicted octanol–water partition coefficient (Wildman–Crippen LogP) is 1.41. The smallest absolute Gasteiger partial charge is 0.241 e. The first-order chi connectivity index (χ1) is 7.60. The molecular weight excluding hydrogens is 202 g/mol. The molecule has 0 aliphatic heterocycles. The van der Waals surface area contributed by atoms with E-state index < -0.39 is 0 Å². The number of nitrogens with one attached hydrogen (secondary N) is 2. The average molecular weight is 217 g/mol. The van der Waals surface area contributed by atoms with Crippen LogP contribution in [0.5, 0.6) is 0 Å². The number of nitrogens with zero attached hydrogens (tertiary/aromatic N) is 1. The lowest BCUT2D eigenvalue weighted by Crippen LogP contribution is -2.35. The Morgan fingerprint density at radius 3 is 2.75 bits per heavy atom. The highest BCUT2D eigenvalue weighted by Gasteiger charge is 2.13. The molecule has 1 atom stereocenters. The van der Waals surface area contributed by atoms with Gasteiger partial charge in [0, 0.05) is 7.05 Å². The number of nitriles is 1. The van der Waals surface area contributed by atoms with Crippen molar-refractivity contribution in [2.24, 2.45) is 0 Å². The first-order valence-corrected chi connectivity index (χ1v) is 5.08. The Bertz CT molecular complexity index is 434. The Kier molecular flexibility index (Phi) is 3.90. The molecule has 1 unspecified atom stereocenters. The van der Waals surface area contributed by atoms with E-state index in [1.54, 1.807) is 20.0 Å². The van der Waals surface area contributed by atoms with Gasteiger partial charge in [0.2, 0.25) is 5.91 Å². The van der Waals surface area contributed by atoms with E-state index in [2.05, 4.69) is 16.7 Å². The lowest BCUT2D eigenvalue weighted by molar-refractivity contribution is -0.121. The Labute approximate surface area is 95.3 Å². The van der Waals surface area contributed by atoms with Crippen molar-refractivity contribution in [3.05, 3.63) is 29.3 Å². The molecule has 0 fully saturated rings. The molecule has 0 saturated carbocycles. The summed E-state index contributed by atoms with van der Waals surface area (Å²) < 4.78 is 0. The van der Waals surface area contributed by atoms with Gasteiger partial charge in [-0.15, -0.1) is 0 Å². The van der Waals surface area contributed by atoms with Gasteiger partial charge >= 0.3 is 0 Å².